The normalized spacial score (nSPS) is 16.4. The van der Waals surface area contributed by atoms with E-state index in [2.05, 4.69) is 16.9 Å². The van der Waals surface area contributed by atoms with E-state index in [9.17, 15) is 0 Å². The van der Waals surface area contributed by atoms with E-state index in [1.807, 2.05) is 11.6 Å². The minimum absolute atomic E-state index is 0.488. The molecule has 1 saturated carbocycles. The van der Waals surface area contributed by atoms with E-state index in [1.165, 1.54) is 25.0 Å². The van der Waals surface area contributed by atoms with E-state index in [0.29, 0.717) is 12.5 Å². The molecule has 2 rings (SSSR count). The van der Waals surface area contributed by atoms with E-state index in [4.69, 9.17) is 5.73 Å². The Morgan fingerprint density at radius 2 is 2.33 bits per heavy atom. The highest BCUT2D eigenvalue weighted by atomic mass is 15.4. The lowest BCUT2D eigenvalue weighted by Crippen LogP contribution is -2.18. The van der Waals surface area contributed by atoms with Gasteiger partial charge >= 0.3 is 0 Å². The molecule has 0 bridgehead atoms. The minimum Gasteiger partial charge on any atom is -0.325 e. The van der Waals surface area contributed by atoms with Crippen LogP contribution in [0.4, 0.5) is 0 Å². The largest absolute Gasteiger partial charge is 0.325 e. The highest BCUT2D eigenvalue weighted by Gasteiger charge is 2.26. The molecule has 0 spiro atoms. The van der Waals surface area contributed by atoms with Crippen LogP contribution in [0.2, 0.25) is 0 Å². The van der Waals surface area contributed by atoms with E-state index in [-0.39, 0.29) is 0 Å². The maximum atomic E-state index is 5.67. The molecule has 1 aromatic heterocycles. The number of nitrogens with two attached hydrogens (primary N) is 1. The highest BCUT2D eigenvalue weighted by Crippen LogP contribution is 2.37. The Balaban J connectivity index is 2.28. The van der Waals surface area contributed by atoms with Gasteiger partial charge in [0.15, 0.2) is 0 Å². The molecule has 0 saturated heterocycles. The molecule has 1 heterocycles. The number of rotatable bonds is 4. The van der Waals surface area contributed by atoms with Crippen molar-refractivity contribution in [2.45, 2.75) is 45.2 Å². The van der Waals surface area contributed by atoms with Crippen LogP contribution in [0.15, 0.2) is 12.2 Å². The van der Waals surface area contributed by atoms with Gasteiger partial charge in [-0.15, -0.1) is 5.10 Å². The van der Waals surface area contributed by atoms with Gasteiger partial charge in [0.1, 0.15) is 0 Å². The van der Waals surface area contributed by atoms with Gasteiger partial charge in [0.25, 0.3) is 0 Å². The van der Waals surface area contributed by atoms with Gasteiger partial charge in [0.2, 0.25) is 0 Å². The summed E-state index contributed by atoms with van der Waals surface area (Å²) in [6, 6.07) is 0. The molecular formula is C11H18N4. The van der Waals surface area contributed by atoms with Crippen LogP contribution in [0.25, 0.3) is 0 Å². The molecule has 4 nitrogen and oxygen atoms in total. The van der Waals surface area contributed by atoms with E-state index in [0.717, 1.165) is 17.8 Å². The average Bonchev–Trinajstić information content (AvgIpc) is 2.45. The molecular weight excluding hydrogens is 188 g/mol. The number of hydrogen-bond donors (Lipinski definition) is 1. The second-order valence-corrected chi connectivity index (χ2v) is 4.37. The topological polar surface area (TPSA) is 56.7 Å². The molecule has 0 aliphatic heterocycles. The summed E-state index contributed by atoms with van der Waals surface area (Å²) < 4.78 is 1.97. The van der Waals surface area contributed by atoms with Gasteiger partial charge in [-0.05, 0) is 19.8 Å². The zero-order chi connectivity index (χ0) is 10.8. The number of allylic oxidation sites excluding steroid dienone is 1. The molecule has 4 heteroatoms. The van der Waals surface area contributed by atoms with Crippen molar-refractivity contribution < 1.29 is 0 Å². The average molecular weight is 206 g/mol. The standard InChI is InChI=1S/C11H18N4/c1-8(2)7-15-11(9-4-3-5-9)10(6-12)13-14-15/h9H,1,3-7,12H2,2H3. The molecule has 1 aliphatic carbocycles. The first-order valence-corrected chi connectivity index (χ1v) is 5.49. The quantitative estimate of drug-likeness (QED) is 0.761. The third-order valence-electron chi connectivity index (χ3n) is 2.95. The first kappa shape index (κ1) is 10.4. The molecule has 1 fully saturated rings. The predicted molar refractivity (Wildman–Crippen MR) is 59.3 cm³/mol. The first-order valence-electron chi connectivity index (χ1n) is 5.49. The van der Waals surface area contributed by atoms with Crippen molar-refractivity contribution in [1.82, 2.24) is 15.0 Å². The smallest absolute Gasteiger partial charge is 0.0997 e. The zero-order valence-corrected chi connectivity index (χ0v) is 9.24. The summed E-state index contributed by atoms with van der Waals surface area (Å²) in [5.74, 6) is 0.623. The van der Waals surface area contributed by atoms with Gasteiger partial charge in [0, 0.05) is 12.5 Å². The van der Waals surface area contributed by atoms with Crippen molar-refractivity contribution in [2.75, 3.05) is 0 Å². The second-order valence-electron chi connectivity index (χ2n) is 4.37. The third kappa shape index (κ3) is 1.95. The van der Waals surface area contributed by atoms with Crippen LogP contribution in [0.3, 0.4) is 0 Å². The Kier molecular flexibility index (Phi) is 2.86. The lowest BCUT2D eigenvalue weighted by Gasteiger charge is -2.26. The lowest BCUT2D eigenvalue weighted by atomic mass is 9.82. The Morgan fingerprint density at radius 1 is 1.60 bits per heavy atom. The SMILES string of the molecule is C=C(C)Cn1nnc(CN)c1C1CCC1. The number of nitrogens with zero attached hydrogens (tertiary/aromatic N) is 3. The van der Waals surface area contributed by atoms with Gasteiger partial charge in [-0.2, -0.15) is 0 Å². The fraction of sp³-hybridized carbons (Fsp3) is 0.636. The van der Waals surface area contributed by atoms with Gasteiger partial charge < -0.3 is 5.73 Å². The molecule has 15 heavy (non-hydrogen) atoms. The summed E-state index contributed by atoms with van der Waals surface area (Å²) in [6.45, 7) is 7.17. The molecule has 0 radical (unpaired) electrons. The fourth-order valence-corrected chi connectivity index (χ4v) is 2.00. The van der Waals surface area contributed by atoms with Gasteiger partial charge in [-0.1, -0.05) is 23.8 Å². The zero-order valence-electron chi connectivity index (χ0n) is 9.24. The van der Waals surface area contributed by atoms with Crippen LogP contribution in [-0.4, -0.2) is 15.0 Å². The highest BCUT2D eigenvalue weighted by molar-refractivity contribution is 5.18. The monoisotopic (exact) mass is 206 g/mol. The van der Waals surface area contributed by atoms with E-state index < -0.39 is 0 Å². The molecule has 0 atom stereocenters. The predicted octanol–water partition coefficient (Wildman–Crippen LogP) is 1.58. The van der Waals surface area contributed by atoms with E-state index in [1.54, 1.807) is 0 Å². The van der Waals surface area contributed by atoms with Crippen molar-refractivity contribution >= 4 is 0 Å². The second kappa shape index (κ2) is 4.14. The van der Waals surface area contributed by atoms with Crippen molar-refractivity contribution in [2.24, 2.45) is 5.73 Å². The summed E-state index contributed by atoms with van der Waals surface area (Å²) in [5, 5.41) is 8.29. The van der Waals surface area contributed by atoms with Crippen LogP contribution in [0.1, 0.15) is 43.5 Å². The Hall–Kier alpha value is -1.16. The summed E-state index contributed by atoms with van der Waals surface area (Å²) in [5.41, 5.74) is 8.98. The summed E-state index contributed by atoms with van der Waals surface area (Å²) in [4.78, 5) is 0. The number of aromatic nitrogens is 3. The van der Waals surface area contributed by atoms with Crippen LogP contribution >= 0.6 is 0 Å². The van der Waals surface area contributed by atoms with Gasteiger partial charge in [0.05, 0.1) is 17.9 Å². The molecule has 1 aliphatic rings. The molecule has 82 valence electrons. The first-order chi connectivity index (χ1) is 7.22. The van der Waals surface area contributed by atoms with Crippen LogP contribution < -0.4 is 5.73 Å². The van der Waals surface area contributed by atoms with Crippen molar-refractivity contribution in [3.63, 3.8) is 0 Å². The maximum Gasteiger partial charge on any atom is 0.0997 e. The Labute approximate surface area is 90.2 Å². The molecule has 2 N–H and O–H groups in total. The lowest BCUT2D eigenvalue weighted by molar-refractivity contribution is 0.389. The molecule has 0 aromatic carbocycles. The van der Waals surface area contributed by atoms with Crippen molar-refractivity contribution in [1.29, 1.82) is 0 Å². The third-order valence-corrected chi connectivity index (χ3v) is 2.95. The minimum atomic E-state index is 0.488. The van der Waals surface area contributed by atoms with Crippen molar-refractivity contribution in [3.8, 4) is 0 Å². The molecule has 0 amide bonds. The van der Waals surface area contributed by atoms with Crippen LogP contribution in [0.5, 0.6) is 0 Å². The van der Waals surface area contributed by atoms with Crippen molar-refractivity contribution in [3.05, 3.63) is 23.5 Å². The summed E-state index contributed by atoms with van der Waals surface area (Å²) in [6.07, 6.45) is 3.81. The molecule has 1 aromatic rings. The summed E-state index contributed by atoms with van der Waals surface area (Å²) in [7, 11) is 0. The Bertz CT molecular complexity index is 363. The van der Waals surface area contributed by atoms with Gasteiger partial charge in [-0.3, -0.25) is 0 Å². The maximum absolute atomic E-state index is 5.67. The Morgan fingerprint density at radius 3 is 2.80 bits per heavy atom. The van der Waals surface area contributed by atoms with Gasteiger partial charge in [-0.25, -0.2) is 4.68 Å². The number of hydrogen-bond acceptors (Lipinski definition) is 3. The fourth-order valence-electron chi connectivity index (χ4n) is 2.00. The van der Waals surface area contributed by atoms with Crippen LogP contribution in [-0.2, 0) is 13.1 Å². The summed E-state index contributed by atoms with van der Waals surface area (Å²) >= 11 is 0. The van der Waals surface area contributed by atoms with Crippen LogP contribution in [0, 0.1) is 0 Å². The van der Waals surface area contributed by atoms with E-state index >= 15 is 0 Å². The molecule has 0 unspecified atom stereocenters.